The number of carbonyl (C=O) groups excluding carboxylic acids is 1. The highest BCUT2D eigenvalue weighted by atomic mass is 16.5. The van der Waals surface area contributed by atoms with Crippen molar-refractivity contribution in [3.63, 3.8) is 0 Å². The zero-order chi connectivity index (χ0) is 12.1. The van der Waals surface area contributed by atoms with E-state index in [2.05, 4.69) is 5.73 Å². The number of quaternary nitrogens is 1. The summed E-state index contributed by atoms with van der Waals surface area (Å²) in [4.78, 5) is 11.4. The van der Waals surface area contributed by atoms with E-state index in [0.717, 1.165) is 5.56 Å². The first kappa shape index (κ1) is 12.7. The maximum absolute atomic E-state index is 11.4. The molecule has 0 saturated carbocycles. The molecular weight excluding hydrogens is 202 g/mol. The molecule has 0 aromatic heterocycles. The van der Waals surface area contributed by atoms with E-state index in [-0.39, 0.29) is 18.1 Å². The van der Waals surface area contributed by atoms with E-state index in [0.29, 0.717) is 6.42 Å². The fourth-order valence-corrected chi connectivity index (χ4v) is 1.47. The number of ether oxygens (including phenoxy) is 1. The predicted octanol–water partition coefficient (Wildman–Crippen LogP) is 1.62. The zero-order valence-electron chi connectivity index (χ0n) is 10.2. The lowest BCUT2D eigenvalue weighted by atomic mass is 10.0. The van der Waals surface area contributed by atoms with Crippen molar-refractivity contribution in [2.45, 2.75) is 39.3 Å². The molecule has 0 aliphatic rings. The standard InChI is InChI=1S/C13H19NO2/c1-9(2)16-13(15)8-12(14)11-6-4-10(3)5-7-11/h4-7,9,12H,8,14H2,1-3H3/p+1/t12-/m1/s1. The minimum atomic E-state index is -0.185. The van der Waals surface area contributed by atoms with Gasteiger partial charge >= 0.3 is 5.97 Å². The van der Waals surface area contributed by atoms with Crippen LogP contribution in [0.1, 0.15) is 37.4 Å². The molecule has 0 fully saturated rings. The largest absolute Gasteiger partial charge is 0.463 e. The number of aryl methyl sites for hydroxylation is 1. The molecule has 0 aliphatic carbocycles. The molecule has 0 heterocycles. The quantitative estimate of drug-likeness (QED) is 0.787. The number of esters is 1. The van der Waals surface area contributed by atoms with Crippen molar-refractivity contribution < 1.29 is 15.3 Å². The highest BCUT2D eigenvalue weighted by Gasteiger charge is 2.16. The molecule has 1 atom stereocenters. The first-order chi connectivity index (χ1) is 7.49. The van der Waals surface area contributed by atoms with Gasteiger partial charge in [0.05, 0.1) is 6.10 Å². The summed E-state index contributed by atoms with van der Waals surface area (Å²) in [5.41, 5.74) is 6.27. The van der Waals surface area contributed by atoms with E-state index < -0.39 is 0 Å². The van der Waals surface area contributed by atoms with Crippen molar-refractivity contribution in [1.29, 1.82) is 0 Å². The second-order valence-electron chi connectivity index (χ2n) is 4.35. The smallest absolute Gasteiger partial charge is 0.312 e. The van der Waals surface area contributed by atoms with Crippen molar-refractivity contribution in [3.8, 4) is 0 Å². The lowest BCUT2D eigenvalue weighted by Gasteiger charge is -2.11. The Hall–Kier alpha value is -1.35. The van der Waals surface area contributed by atoms with E-state index in [1.54, 1.807) is 0 Å². The van der Waals surface area contributed by atoms with Crippen LogP contribution in [0.2, 0.25) is 0 Å². The van der Waals surface area contributed by atoms with E-state index in [1.807, 2.05) is 45.0 Å². The molecule has 0 unspecified atom stereocenters. The van der Waals surface area contributed by atoms with Gasteiger partial charge < -0.3 is 10.5 Å². The molecule has 0 amide bonds. The van der Waals surface area contributed by atoms with E-state index in [1.165, 1.54) is 5.56 Å². The van der Waals surface area contributed by atoms with Crippen molar-refractivity contribution in [2.24, 2.45) is 0 Å². The number of rotatable bonds is 4. The van der Waals surface area contributed by atoms with Gasteiger partial charge in [-0.3, -0.25) is 4.79 Å². The molecule has 1 rings (SSSR count). The van der Waals surface area contributed by atoms with Crippen LogP contribution in [-0.2, 0) is 9.53 Å². The Morgan fingerprint density at radius 2 is 1.88 bits per heavy atom. The molecule has 3 nitrogen and oxygen atoms in total. The highest BCUT2D eigenvalue weighted by Crippen LogP contribution is 2.13. The van der Waals surface area contributed by atoms with Gasteiger partial charge in [0, 0.05) is 5.56 Å². The number of hydrogen-bond acceptors (Lipinski definition) is 2. The SMILES string of the molecule is Cc1ccc([C@H]([NH3+])CC(=O)OC(C)C)cc1. The van der Waals surface area contributed by atoms with Gasteiger partial charge in [-0.1, -0.05) is 29.8 Å². The average Bonchev–Trinajstić information content (AvgIpc) is 2.16. The first-order valence-electron chi connectivity index (χ1n) is 5.58. The van der Waals surface area contributed by atoms with Crippen LogP contribution >= 0.6 is 0 Å². The van der Waals surface area contributed by atoms with Gasteiger partial charge in [-0.2, -0.15) is 0 Å². The molecular formula is C13H20NO2+. The van der Waals surface area contributed by atoms with E-state index >= 15 is 0 Å². The molecule has 1 aromatic rings. The summed E-state index contributed by atoms with van der Waals surface area (Å²) in [6.07, 6.45) is 0.277. The average molecular weight is 222 g/mol. The van der Waals surface area contributed by atoms with Crippen molar-refractivity contribution in [3.05, 3.63) is 35.4 Å². The Morgan fingerprint density at radius 3 is 2.38 bits per heavy atom. The molecule has 0 spiro atoms. The summed E-state index contributed by atoms with van der Waals surface area (Å²) in [6.45, 7) is 5.73. The second kappa shape index (κ2) is 5.66. The molecule has 0 radical (unpaired) electrons. The summed E-state index contributed by atoms with van der Waals surface area (Å²) >= 11 is 0. The summed E-state index contributed by atoms with van der Waals surface area (Å²) in [6, 6.07) is 8.04. The van der Waals surface area contributed by atoms with Gasteiger partial charge in [0.2, 0.25) is 0 Å². The normalized spacial score (nSPS) is 12.6. The van der Waals surface area contributed by atoms with Crippen LogP contribution in [0.25, 0.3) is 0 Å². The van der Waals surface area contributed by atoms with Crippen molar-refractivity contribution in [1.82, 2.24) is 0 Å². The summed E-state index contributed by atoms with van der Waals surface area (Å²) in [5.74, 6) is -0.185. The third-order valence-electron chi connectivity index (χ3n) is 2.33. The van der Waals surface area contributed by atoms with Gasteiger partial charge in [0.1, 0.15) is 12.5 Å². The van der Waals surface area contributed by atoms with Gasteiger partial charge in [-0.15, -0.1) is 0 Å². The van der Waals surface area contributed by atoms with Crippen LogP contribution in [0.4, 0.5) is 0 Å². The lowest BCUT2D eigenvalue weighted by molar-refractivity contribution is -0.425. The third-order valence-corrected chi connectivity index (χ3v) is 2.33. The molecule has 0 saturated heterocycles. The lowest BCUT2D eigenvalue weighted by Crippen LogP contribution is -2.54. The van der Waals surface area contributed by atoms with Gasteiger partial charge in [-0.05, 0) is 20.8 Å². The van der Waals surface area contributed by atoms with Crippen LogP contribution in [-0.4, -0.2) is 12.1 Å². The molecule has 3 heteroatoms. The maximum atomic E-state index is 11.4. The molecule has 3 N–H and O–H groups in total. The maximum Gasteiger partial charge on any atom is 0.312 e. The summed E-state index contributed by atoms with van der Waals surface area (Å²) in [7, 11) is 0. The van der Waals surface area contributed by atoms with Crippen LogP contribution in [0, 0.1) is 6.92 Å². The van der Waals surface area contributed by atoms with Crippen molar-refractivity contribution in [2.75, 3.05) is 0 Å². The molecule has 0 aliphatic heterocycles. The Morgan fingerprint density at radius 1 is 1.31 bits per heavy atom. The predicted molar refractivity (Wildman–Crippen MR) is 62.7 cm³/mol. The minimum absolute atomic E-state index is 0.0353. The van der Waals surface area contributed by atoms with Crippen LogP contribution in [0.15, 0.2) is 24.3 Å². The fraction of sp³-hybridized carbons (Fsp3) is 0.462. The molecule has 88 valence electrons. The topological polar surface area (TPSA) is 53.9 Å². The summed E-state index contributed by atoms with van der Waals surface area (Å²) < 4.78 is 5.09. The second-order valence-corrected chi connectivity index (χ2v) is 4.35. The van der Waals surface area contributed by atoms with Crippen LogP contribution in [0.3, 0.4) is 0 Å². The fourth-order valence-electron chi connectivity index (χ4n) is 1.47. The number of hydrogen-bond donors (Lipinski definition) is 1. The Kier molecular flexibility index (Phi) is 4.50. The summed E-state index contributed by atoms with van der Waals surface area (Å²) in [5, 5.41) is 0. The van der Waals surface area contributed by atoms with Gasteiger partial charge in [0.25, 0.3) is 0 Å². The van der Waals surface area contributed by atoms with Crippen LogP contribution < -0.4 is 5.73 Å². The Labute approximate surface area is 96.6 Å². The molecule has 16 heavy (non-hydrogen) atoms. The molecule has 0 bridgehead atoms. The van der Waals surface area contributed by atoms with E-state index in [4.69, 9.17) is 4.74 Å². The third kappa shape index (κ3) is 4.03. The molecule has 1 aromatic carbocycles. The highest BCUT2D eigenvalue weighted by molar-refractivity contribution is 5.70. The van der Waals surface area contributed by atoms with Gasteiger partial charge in [0.15, 0.2) is 0 Å². The van der Waals surface area contributed by atoms with Crippen LogP contribution in [0.5, 0.6) is 0 Å². The van der Waals surface area contributed by atoms with E-state index in [9.17, 15) is 4.79 Å². The van der Waals surface area contributed by atoms with Gasteiger partial charge in [-0.25, -0.2) is 0 Å². The van der Waals surface area contributed by atoms with Crippen molar-refractivity contribution >= 4 is 5.97 Å². The first-order valence-corrected chi connectivity index (χ1v) is 5.58. The Balaban J connectivity index is 2.55. The monoisotopic (exact) mass is 222 g/mol. The number of carbonyl (C=O) groups is 1. The zero-order valence-corrected chi connectivity index (χ0v) is 10.2. The minimum Gasteiger partial charge on any atom is -0.463 e. The number of benzene rings is 1. The Bertz CT molecular complexity index is 343.